The molecule has 5 rings (SSSR count). The van der Waals surface area contributed by atoms with Crippen LogP contribution in [0.25, 0.3) is 5.69 Å². The highest BCUT2D eigenvalue weighted by molar-refractivity contribution is 5.69. The van der Waals surface area contributed by atoms with Gasteiger partial charge in [0.05, 0.1) is 36.1 Å². The van der Waals surface area contributed by atoms with Crippen LogP contribution in [0.5, 0.6) is 0 Å². The van der Waals surface area contributed by atoms with Crippen molar-refractivity contribution >= 4 is 6.09 Å². The van der Waals surface area contributed by atoms with Crippen molar-refractivity contribution in [3.05, 3.63) is 35.7 Å². The Balaban J connectivity index is 1.20. The fraction of sp³-hybridized carbons (Fsp3) is 0.652. The summed E-state index contributed by atoms with van der Waals surface area (Å²) in [5.41, 5.74) is 2.67. The molecule has 32 heavy (non-hydrogen) atoms. The SMILES string of the molecule is CCOC(=O)N1CC2(CC[C@@H](N3CCC(c4ncc(F)cc4-n4cc(C)nn4)CC3)C2)C1. The van der Waals surface area contributed by atoms with E-state index in [9.17, 15) is 9.18 Å². The molecule has 2 aromatic rings. The van der Waals surface area contributed by atoms with Crippen LogP contribution in [0.15, 0.2) is 18.5 Å². The number of pyridine rings is 1. The molecule has 8 nitrogen and oxygen atoms in total. The van der Waals surface area contributed by atoms with Gasteiger partial charge in [0.1, 0.15) is 5.82 Å². The van der Waals surface area contributed by atoms with Crippen molar-refractivity contribution in [2.75, 3.05) is 32.8 Å². The van der Waals surface area contributed by atoms with Gasteiger partial charge in [-0.15, -0.1) is 5.10 Å². The van der Waals surface area contributed by atoms with Crippen LogP contribution in [0.3, 0.4) is 0 Å². The summed E-state index contributed by atoms with van der Waals surface area (Å²) in [6, 6.07) is 2.09. The first-order valence-corrected chi connectivity index (χ1v) is 11.7. The molecule has 2 aromatic heterocycles. The Bertz CT molecular complexity index is 981. The molecule has 9 heteroatoms. The number of carbonyl (C=O) groups excluding carboxylic acids is 1. The molecule has 0 aromatic carbocycles. The number of nitrogens with zero attached hydrogens (tertiary/aromatic N) is 6. The van der Waals surface area contributed by atoms with Gasteiger partial charge in [-0.05, 0) is 59.0 Å². The van der Waals surface area contributed by atoms with E-state index in [0.717, 1.165) is 56.8 Å². The molecule has 1 saturated carbocycles. The fourth-order valence-electron chi connectivity index (χ4n) is 5.82. The molecule has 0 bridgehead atoms. The number of likely N-dealkylation sites (tertiary alicyclic amines) is 2. The Hall–Kier alpha value is -2.55. The average molecular weight is 443 g/mol. The Morgan fingerprint density at radius 3 is 2.75 bits per heavy atom. The first kappa shape index (κ1) is 21.3. The largest absolute Gasteiger partial charge is 0.450 e. The lowest BCUT2D eigenvalue weighted by Gasteiger charge is -2.48. The van der Waals surface area contributed by atoms with E-state index in [1.54, 1.807) is 4.68 Å². The molecule has 3 fully saturated rings. The van der Waals surface area contributed by atoms with Crippen molar-refractivity contribution in [3.63, 3.8) is 0 Å². The van der Waals surface area contributed by atoms with Gasteiger partial charge in [-0.3, -0.25) is 4.98 Å². The summed E-state index contributed by atoms with van der Waals surface area (Å²) in [6.07, 6.45) is 8.48. The summed E-state index contributed by atoms with van der Waals surface area (Å²) >= 11 is 0. The fourth-order valence-corrected chi connectivity index (χ4v) is 5.82. The summed E-state index contributed by atoms with van der Waals surface area (Å²) in [5.74, 6) is -0.0762. The molecule has 172 valence electrons. The molecule has 1 spiro atoms. The van der Waals surface area contributed by atoms with Gasteiger partial charge in [-0.25, -0.2) is 13.9 Å². The van der Waals surface area contributed by atoms with Crippen molar-refractivity contribution in [2.24, 2.45) is 5.41 Å². The van der Waals surface area contributed by atoms with Gasteiger partial charge in [0.15, 0.2) is 0 Å². The molecule has 1 atom stereocenters. The third-order valence-corrected chi connectivity index (χ3v) is 7.41. The van der Waals surface area contributed by atoms with Gasteiger partial charge < -0.3 is 14.5 Å². The lowest BCUT2D eigenvalue weighted by Crippen LogP contribution is -2.58. The minimum Gasteiger partial charge on any atom is -0.450 e. The Labute approximate surface area is 187 Å². The summed E-state index contributed by atoms with van der Waals surface area (Å²) in [4.78, 5) is 20.8. The summed E-state index contributed by atoms with van der Waals surface area (Å²) in [7, 11) is 0. The van der Waals surface area contributed by atoms with E-state index < -0.39 is 0 Å². The number of aromatic nitrogens is 4. The number of aryl methyl sites for hydroxylation is 1. The first-order valence-electron chi connectivity index (χ1n) is 11.7. The van der Waals surface area contributed by atoms with Gasteiger partial charge in [-0.1, -0.05) is 5.21 Å². The number of amides is 1. The highest BCUT2D eigenvalue weighted by atomic mass is 19.1. The van der Waals surface area contributed by atoms with Crippen LogP contribution in [0.1, 0.15) is 56.3 Å². The van der Waals surface area contributed by atoms with Crippen molar-refractivity contribution in [3.8, 4) is 5.69 Å². The van der Waals surface area contributed by atoms with Crippen molar-refractivity contribution in [2.45, 2.75) is 57.9 Å². The quantitative estimate of drug-likeness (QED) is 0.723. The molecule has 1 aliphatic carbocycles. The van der Waals surface area contributed by atoms with Crippen LogP contribution in [-0.4, -0.2) is 74.7 Å². The lowest BCUT2D eigenvalue weighted by molar-refractivity contribution is -0.00362. The highest BCUT2D eigenvalue weighted by Gasteiger charge is 2.51. The normalized spacial score (nSPS) is 23.5. The maximum absolute atomic E-state index is 13.9. The van der Waals surface area contributed by atoms with Crippen LogP contribution in [-0.2, 0) is 4.74 Å². The van der Waals surface area contributed by atoms with Crippen LogP contribution < -0.4 is 0 Å². The maximum atomic E-state index is 13.9. The summed E-state index contributed by atoms with van der Waals surface area (Å²) in [5, 5.41) is 8.18. The average Bonchev–Trinajstić information content (AvgIpc) is 3.40. The third kappa shape index (κ3) is 3.98. The molecule has 2 saturated heterocycles. The van der Waals surface area contributed by atoms with E-state index in [0.29, 0.717) is 18.3 Å². The predicted molar refractivity (Wildman–Crippen MR) is 116 cm³/mol. The summed E-state index contributed by atoms with van der Waals surface area (Å²) < 4.78 is 20.7. The molecule has 3 aliphatic rings. The molecule has 2 aliphatic heterocycles. The maximum Gasteiger partial charge on any atom is 0.409 e. The molecule has 0 radical (unpaired) electrons. The molecule has 4 heterocycles. The topological polar surface area (TPSA) is 76.4 Å². The minimum absolute atomic E-state index is 0.174. The number of hydrogen-bond acceptors (Lipinski definition) is 6. The molecule has 0 unspecified atom stereocenters. The summed E-state index contributed by atoms with van der Waals surface area (Å²) in [6.45, 7) is 7.85. The van der Waals surface area contributed by atoms with Crippen molar-refractivity contribution < 1.29 is 13.9 Å². The van der Waals surface area contributed by atoms with E-state index in [1.165, 1.54) is 25.1 Å². The minimum atomic E-state index is -0.358. The Morgan fingerprint density at radius 2 is 2.06 bits per heavy atom. The van der Waals surface area contributed by atoms with Gasteiger partial charge in [0.25, 0.3) is 0 Å². The molecular weight excluding hydrogens is 411 g/mol. The number of hydrogen-bond donors (Lipinski definition) is 0. The Kier molecular flexibility index (Phi) is 5.61. The number of piperidine rings is 1. The zero-order valence-corrected chi connectivity index (χ0v) is 18.8. The lowest BCUT2D eigenvalue weighted by atomic mass is 9.78. The monoisotopic (exact) mass is 442 g/mol. The second-order valence-electron chi connectivity index (χ2n) is 9.62. The van der Waals surface area contributed by atoms with Gasteiger partial charge in [-0.2, -0.15) is 0 Å². The smallest absolute Gasteiger partial charge is 0.409 e. The molecular formula is C23H31FN6O2. The molecule has 0 N–H and O–H groups in total. The van der Waals surface area contributed by atoms with Crippen molar-refractivity contribution in [1.29, 1.82) is 0 Å². The Morgan fingerprint density at radius 1 is 1.28 bits per heavy atom. The number of halogens is 1. The molecule has 1 amide bonds. The zero-order valence-electron chi connectivity index (χ0n) is 18.8. The van der Waals surface area contributed by atoms with Crippen LogP contribution in [0.2, 0.25) is 0 Å². The zero-order chi connectivity index (χ0) is 22.3. The van der Waals surface area contributed by atoms with E-state index >= 15 is 0 Å². The van der Waals surface area contributed by atoms with Gasteiger partial charge in [0.2, 0.25) is 0 Å². The number of carbonyl (C=O) groups is 1. The van der Waals surface area contributed by atoms with E-state index in [2.05, 4.69) is 20.2 Å². The van der Waals surface area contributed by atoms with E-state index in [-0.39, 0.29) is 23.2 Å². The van der Waals surface area contributed by atoms with Crippen LogP contribution in [0, 0.1) is 18.2 Å². The number of rotatable bonds is 4. The van der Waals surface area contributed by atoms with E-state index in [4.69, 9.17) is 4.74 Å². The van der Waals surface area contributed by atoms with Crippen LogP contribution in [0.4, 0.5) is 9.18 Å². The first-order chi connectivity index (χ1) is 15.5. The standard InChI is InChI=1S/C23H31FN6O2/c1-3-32-22(31)29-14-23(15-29)7-4-19(11-23)28-8-5-17(6-9-28)21-20(10-18(24)12-25-21)30-13-16(2)26-27-30/h10,12-13,17,19H,3-9,11,14-15H2,1-2H3/t19-/m1/s1. The highest BCUT2D eigenvalue weighted by Crippen LogP contribution is 2.48. The third-order valence-electron chi connectivity index (χ3n) is 7.41. The van der Waals surface area contributed by atoms with Gasteiger partial charge >= 0.3 is 6.09 Å². The van der Waals surface area contributed by atoms with Crippen molar-refractivity contribution in [1.82, 2.24) is 29.8 Å². The second kappa shape index (κ2) is 8.42. The second-order valence-corrected chi connectivity index (χ2v) is 9.62. The number of ether oxygens (including phenoxy) is 1. The van der Waals surface area contributed by atoms with Gasteiger partial charge in [0, 0.05) is 36.5 Å². The van der Waals surface area contributed by atoms with Crippen LogP contribution >= 0.6 is 0 Å². The predicted octanol–water partition coefficient (Wildman–Crippen LogP) is 3.30. The van der Waals surface area contributed by atoms with E-state index in [1.807, 2.05) is 24.9 Å².